The van der Waals surface area contributed by atoms with Crippen LogP contribution in [0.2, 0.25) is 0 Å². The zero-order chi connectivity index (χ0) is 18.5. The molecular formula is C16H28N2O6. The maximum atomic E-state index is 12.4. The van der Waals surface area contributed by atoms with Gasteiger partial charge in [0.1, 0.15) is 5.60 Å². The number of esters is 1. The Morgan fingerprint density at radius 3 is 2.42 bits per heavy atom. The Hall–Kier alpha value is -1.67. The Bertz CT molecular complexity index is 487. The van der Waals surface area contributed by atoms with Crippen LogP contribution >= 0.6 is 0 Å². The molecule has 1 amide bonds. The molecule has 1 aliphatic rings. The molecule has 0 aromatic carbocycles. The lowest BCUT2D eigenvalue weighted by Gasteiger charge is -2.29. The van der Waals surface area contributed by atoms with Gasteiger partial charge in [0.25, 0.3) is 0 Å². The van der Waals surface area contributed by atoms with Crippen LogP contribution in [0.4, 0.5) is 0 Å². The molecule has 2 atom stereocenters. The number of hydrogen-bond acceptors (Lipinski definition) is 6. The molecule has 1 rings (SSSR count). The number of nitrogens with two attached hydrogens (primary N) is 1. The van der Waals surface area contributed by atoms with Gasteiger partial charge in [-0.15, -0.1) is 0 Å². The first-order chi connectivity index (χ1) is 11.0. The fourth-order valence-electron chi connectivity index (χ4n) is 2.64. The zero-order valence-electron chi connectivity index (χ0n) is 14.8. The van der Waals surface area contributed by atoms with Crippen LogP contribution in [0.1, 0.15) is 46.5 Å². The molecule has 1 fully saturated rings. The number of aliphatic carboxylic acids is 1. The van der Waals surface area contributed by atoms with Gasteiger partial charge in [-0.3, -0.25) is 4.79 Å². The molecule has 0 aliphatic carbocycles. The highest BCUT2D eigenvalue weighted by molar-refractivity contribution is 6.04. The first-order valence-corrected chi connectivity index (χ1v) is 8.05. The molecule has 1 unspecified atom stereocenters. The normalized spacial score (nSPS) is 20.5. The van der Waals surface area contributed by atoms with E-state index >= 15 is 0 Å². The van der Waals surface area contributed by atoms with Crippen molar-refractivity contribution >= 4 is 17.8 Å². The quantitative estimate of drug-likeness (QED) is 0.510. The maximum absolute atomic E-state index is 12.4. The van der Waals surface area contributed by atoms with Crippen molar-refractivity contribution in [1.29, 1.82) is 0 Å². The fraction of sp³-hybridized carbons (Fsp3) is 0.812. The van der Waals surface area contributed by atoms with Crippen LogP contribution < -0.4 is 5.73 Å². The number of carbonyl (C=O) groups excluding carboxylic acids is 2. The summed E-state index contributed by atoms with van der Waals surface area (Å²) in [4.78, 5) is 37.7. The van der Waals surface area contributed by atoms with Crippen LogP contribution in [0.15, 0.2) is 0 Å². The molecule has 8 nitrogen and oxygen atoms in total. The second-order valence-electron chi connectivity index (χ2n) is 7.12. The number of hydrogen-bond donors (Lipinski definition) is 2. The molecule has 0 aromatic rings. The van der Waals surface area contributed by atoms with Crippen LogP contribution in [0.3, 0.4) is 0 Å². The first-order valence-electron chi connectivity index (χ1n) is 8.05. The van der Waals surface area contributed by atoms with E-state index in [-0.39, 0.29) is 24.8 Å². The summed E-state index contributed by atoms with van der Waals surface area (Å²) in [5.74, 6) is -2.77. The standard InChI is InChI=1S/C16H28N2O6/c1-15(2,3)24-14(22)16(17,13(20)21)8-7-12(19)18-9-5-6-11(18)10-23-4/h11H,5-10,17H2,1-4H3,(H,20,21)/t11-,16?/m0/s1. The Balaban J connectivity index is 2.74. The molecule has 1 heterocycles. The van der Waals surface area contributed by atoms with E-state index in [2.05, 4.69) is 0 Å². The van der Waals surface area contributed by atoms with Crippen LogP contribution in [0, 0.1) is 0 Å². The SMILES string of the molecule is COC[C@@H]1CCCN1C(=O)CCC(N)(C(=O)O)C(=O)OC(C)(C)C. The average molecular weight is 344 g/mol. The largest absolute Gasteiger partial charge is 0.479 e. The van der Waals surface area contributed by atoms with Gasteiger partial charge in [0.15, 0.2) is 0 Å². The van der Waals surface area contributed by atoms with Gasteiger partial charge in [-0.05, 0) is 40.0 Å². The zero-order valence-corrected chi connectivity index (χ0v) is 14.8. The van der Waals surface area contributed by atoms with Gasteiger partial charge in [-0.2, -0.15) is 0 Å². The van der Waals surface area contributed by atoms with Gasteiger partial charge in [0.2, 0.25) is 11.4 Å². The molecule has 0 aromatic heterocycles. The van der Waals surface area contributed by atoms with Gasteiger partial charge in [-0.1, -0.05) is 0 Å². The smallest absolute Gasteiger partial charge is 0.338 e. The highest BCUT2D eigenvalue weighted by Crippen LogP contribution is 2.22. The minimum Gasteiger partial charge on any atom is -0.479 e. The van der Waals surface area contributed by atoms with E-state index in [9.17, 15) is 19.5 Å². The van der Waals surface area contributed by atoms with Crippen molar-refractivity contribution in [2.45, 2.75) is 63.6 Å². The lowest BCUT2D eigenvalue weighted by Crippen LogP contribution is -2.57. The summed E-state index contributed by atoms with van der Waals surface area (Å²) in [6.45, 7) is 5.90. The summed E-state index contributed by atoms with van der Waals surface area (Å²) < 4.78 is 10.2. The van der Waals surface area contributed by atoms with Crippen LogP contribution in [0.5, 0.6) is 0 Å². The van der Waals surface area contributed by atoms with Crippen LogP contribution in [0.25, 0.3) is 0 Å². The van der Waals surface area contributed by atoms with Crippen molar-refractivity contribution in [3.05, 3.63) is 0 Å². The highest BCUT2D eigenvalue weighted by Gasteiger charge is 2.46. The first kappa shape index (κ1) is 20.4. The molecule has 138 valence electrons. The molecule has 3 N–H and O–H groups in total. The summed E-state index contributed by atoms with van der Waals surface area (Å²) in [7, 11) is 1.57. The van der Waals surface area contributed by atoms with Crippen molar-refractivity contribution in [3.8, 4) is 0 Å². The van der Waals surface area contributed by atoms with Crippen molar-refractivity contribution in [1.82, 2.24) is 4.90 Å². The predicted octanol–water partition coefficient (Wildman–Crippen LogP) is 0.528. The molecule has 1 aliphatic heterocycles. The third kappa shape index (κ3) is 5.17. The van der Waals surface area contributed by atoms with Crippen molar-refractivity contribution in [3.63, 3.8) is 0 Å². The molecule has 0 bridgehead atoms. The lowest BCUT2D eigenvalue weighted by atomic mass is 9.94. The lowest BCUT2D eigenvalue weighted by molar-refractivity contribution is -0.169. The third-order valence-corrected chi connectivity index (χ3v) is 3.93. The van der Waals surface area contributed by atoms with Gasteiger partial charge < -0.3 is 25.2 Å². The van der Waals surface area contributed by atoms with E-state index in [0.29, 0.717) is 13.2 Å². The Kier molecular flexibility index (Phi) is 6.74. The second kappa shape index (κ2) is 7.94. The molecule has 1 saturated heterocycles. The molecule has 8 heteroatoms. The number of carbonyl (C=O) groups is 3. The Labute approximate surface area is 142 Å². The Morgan fingerprint density at radius 1 is 1.29 bits per heavy atom. The van der Waals surface area contributed by atoms with Gasteiger partial charge in [-0.25, -0.2) is 9.59 Å². The van der Waals surface area contributed by atoms with Crippen molar-refractivity contribution in [2.75, 3.05) is 20.3 Å². The summed E-state index contributed by atoms with van der Waals surface area (Å²) in [6, 6.07) is -0.0129. The van der Waals surface area contributed by atoms with E-state index < -0.39 is 23.1 Å². The number of methoxy groups -OCH3 is 1. The number of carboxylic acid groups (broad SMARTS) is 1. The maximum Gasteiger partial charge on any atom is 0.338 e. The number of ether oxygens (including phenoxy) is 2. The molecule has 24 heavy (non-hydrogen) atoms. The summed E-state index contributed by atoms with van der Waals surface area (Å²) in [6.07, 6.45) is 1.27. The minimum atomic E-state index is -2.24. The fourth-order valence-corrected chi connectivity index (χ4v) is 2.64. The van der Waals surface area contributed by atoms with Gasteiger partial charge >= 0.3 is 11.9 Å². The number of nitrogens with zero attached hydrogens (tertiary/aromatic N) is 1. The van der Waals surface area contributed by atoms with Crippen LogP contribution in [-0.4, -0.2) is 65.3 Å². The monoisotopic (exact) mass is 344 g/mol. The minimum absolute atomic E-state index is 0.0129. The summed E-state index contributed by atoms with van der Waals surface area (Å²) in [5, 5.41) is 9.34. The highest BCUT2D eigenvalue weighted by atomic mass is 16.6. The number of likely N-dealkylation sites (tertiary alicyclic amines) is 1. The average Bonchev–Trinajstić information content (AvgIpc) is 2.91. The van der Waals surface area contributed by atoms with Crippen LogP contribution in [-0.2, 0) is 23.9 Å². The van der Waals surface area contributed by atoms with Crippen molar-refractivity contribution < 1.29 is 29.0 Å². The van der Waals surface area contributed by atoms with Gasteiger partial charge in [0, 0.05) is 20.1 Å². The number of rotatable bonds is 7. The van der Waals surface area contributed by atoms with Gasteiger partial charge in [0.05, 0.1) is 12.6 Å². The van der Waals surface area contributed by atoms with E-state index in [4.69, 9.17) is 15.2 Å². The van der Waals surface area contributed by atoms with E-state index in [0.717, 1.165) is 12.8 Å². The third-order valence-electron chi connectivity index (χ3n) is 3.93. The van der Waals surface area contributed by atoms with E-state index in [1.807, 2.05) is 0 Å². The molecular weight excluding hydrogens is 316 g/mol. The summed E-state index contributed by atoms with van der Waals surface area (Å²) >= 11 is 0. The topological polar surface area (TPSA) is 119 Å². The molecule has 0 spiro atoms. The second-order valence-corrected chi connectivity index (χ2v) is 7.12. The predicted molar refractivity (Wildman–Crippen MR) is 86.2 cm³/mol. The summed E-state index contributed by atoms with van der Waals surface area (Å²) in [5.41, 5.74) is 2.66. The molecule has 0 saturated carbocycles. The van der Waals surface area contributed by atoms with E-state index in [1.54, 1.807) is 32.8 Å². The number of amides is 1. The van der Waals surface area contributed by atoms with Crippen molar-refractivity contribution in [2.24, 2.45) is 5.73 Å². The van der Waals surface area contributed by atoms with E-state index in [1.165, 1.54) is 0 Å². The number of carboxylic acids is 1. The Morgan fingerprint density at radius 2 is 1.92 bits per heavy atom. The molecule has 0 radical (unpaired) electrons.